The number of nitrogens with zero attached hydrogens (tertiary/aromatic N) is 2. The first-order valence-electron chi connectivity index (χ1n) is 18.6. The summed E-state index contributed by atoms with van der Waals surface area (Å²) in [6, 6.07) is 16.7. The smallest absolute Gasteiger partial charge is 0.255 e. The number of carbonyl (C=O) groups is 3. The third kappa shape index (κ3) is 14.9. The summed E-state index contributed by atoms with van der Waals surface area (Å²) >= 11 is 0. The van der Waals surface area contributed by atoms with Gasteiger partial charge in [0, 0.05) is 61.7 Å². The predicted octanol–water partition coefficient (Wildman–Crippen LogP) is 2.43. The zero-order chi connectivity index (χ0) is 39.9. The van der Waals surface area contributed by atoms with Crippen molar-refractivity contribution in [3.05, 3.63) is 77.5 Å². The molecule has 3 aromatic rings. The van der Waals surface area contributed by atoms with Crippen molar-refractivity contribution in [2.24, 2.45) is 0 Å². The van der Waals surface area contributed by atoms with E-state index in [-0.39, 0.29) is 31.4 Å². The molecule has 3 amide bonds. The zero-order valence-electron chi connectivity index (χ0n) is 32.2. The zero-order valence-corrected chi connectivity index (χ0v) is 32.2. The summed E-state index contributed by atoms with van der Waals surface area (Å²) in [6.07, 6.45) is 3.11. The lowest BCUT2D eigenvalue weighted by molar-refractivity contribution is -0.126. The van der Waals surface area contributed by atoms with Crippen molar-refractivity contribution in [2.75, 3.05) is 103 Å². The Morgan fingerprint density at radius 3 is 1.98 bits per heavy atom. The number of aromatic nitrogens is 1. The summed E-state index contributed by atoms with van der Waals surface area (Å²) in [4.78, 5) is 44.5. The second-order valence-electron chi connectivity index (χ2n) is 12.7. The number of amides is 3. The van der Waals surface area contributed by atoms with Crippen LogP contribution in [0.2, 0.25) is 0 Å². The molecule has 0 unspecified atom stereocenters. The molecule has 0 saturated carbocycles. The monoisotopic (exact) mass is 767 g/mol. The number of rotatable bonds is 27. The fourth-order valence-corrected chi connectivity index (χ4v) is 5.50. The van der Waals surface area contributed by atoms with Gasteiger partial charge in [-0.2, -0.15) is 0 Å². The van der Waals surface area contributed by atoms with Gasteiger partial charge in [-0.1, -0.05) is 12.1 Å². The Hall–Kier alpha value is -4.48. The first-order valence-corrected chi connectivity index (χ1v) is 18.6. The van der Waals surface area contributed by atoms with Gasteiger partial charge in [0.15, 0.2) is 0 Å². The molecule has 0 radical (unpaired) electrons. The van der Waals surface area contributed by atoms with Gasteiger partial charge in [0.25, 0.3) is 11.8 Å². The minimum Gasteiger partial charge on any atom is -0.394 e. The van der Waals surface area contributed by atoms with Crippen LogP contribution in [0.3, 0.4) is 0 Å². The van der Waals surface area contributed by atoms with Gasteiger partial charge in [-0.25, -0.2) is 0 Å². The lowest BCUT2D eigenvalue weighted by atomic mass is 10.0. The van der Waals surface area contributed by atoms with Crippen LogP contribution in [0, 0.1) is 0 Å². The van der Waals surface area contributed by atoms with Gasteiger partial charge in [-0.05, 0) is 74.7 Å². The molecule has 0 aliphatic carbocycles. The SMILES string of the molecule is CCN(CC)c1ccc(NC(=O)c2cccc(CCCOCCOCCOCCOCCC(=O)NC(CO)(CO)CO)c2)c(-c2cc(C(=O)NC)ccn2)c1. The van der Waals surface area contributed by atoms with Crippen molar-refractivity contribution in [3.63, 3.8) is 0 Å². The highest BCUT2D eigenvalue weighted by atomic mass is 16.6. The maximum Gasteiger partial charge on any atom is 0.255 e. The number of ether oxygens (including phenoxy) is 4. The van der Waals surface area contributed by atoms with Crippen molar-refractivity contribution in [2.45, 2.75) is 38.6 Å². The summed E-state index contributed by atoms with van der Waals surface area (Å²) in [5.74, 6) is -0.919. The standard InChI is InChI=1S/C40H57N5O10/c1-4-45(5-2)33-11-12-35(34(26-33)36-25-32(13-15-42-36)38(50)41-3)43-39(51)31-10-6-8-30(24-31)9-7-16-52-18-20-54-22-23-55-21-19-53-17-14-37(49)44-40(27-46,28-47)29-48/h6,8,10-13,15,24-26,46-48H,4-5,7,9,14,16-23,27-29H2,1-3H3,(H,41,50)(H,43,51)(H,44,49). The summed E-state index contributed by atoms with van der Waals surface area (Å²) in [7, 11) is 1.58. The van der Waals surface area contributed by atoms with Crippen LogP contribution >= 0.6 is 0 Å². The number of aliphatic hydroxyl groups is 3. The van der Waals surface area contributed by atoms with Crippen LogP contribution in [0.5, 0.6) is 0 Å². The molecular weight excluding hydrogens is 710 g/mol. The second kappa shape index (κ2) is 24.8. The van der Waals surface area contributed by atoms with Crippen molar-refractivity contribution in [3.8, 4) is 11.3 Å². The normalized spacial score (nSPS) is 11.3. The molecule has 3 rings (SSSR count). The molecule has 2 aromatic carbocycles. The van der Waals surface area contributed by atoms with Gasteiger partial charge in [0.2, 0.25) is 5.91 Å². The van der Waals surface area contributed by atoms with E-state index >= 15 is 0 Å². The van der Waals surface area contributed by atoms with Gasteiger partial charge in [0.05, 0.1) is 77.5 Å². The Balaban J connectivity index is 1.36. The minimum absolute atomic E-state index is 0.0146. The van der Waals surface area contributed by atoms with E-state index in [9.17, 15) is 29.7 Å². The van der Waals surface area contributed by atoms with E-state index in [0.29, 0.717) is 67.7 Å². The molecule has 0 bridgehead atoms. The topological polar surface area (TPSA) is 201 Å². The average molecular weight is 768 g/mol. The third-order valence-corrected chi connectivity index (χ3v) is 8.75. The van der Waals surface area contributed by atoms with E-state index in [0.717, 1.165) is 37.2 Å². The van der Waals surface area contributed by atoms with Crippen LogP contribution in [0.25, 0.3) is 11.3 Å². The quantitative estimate of drug-likeness (QED) is 0.0621. The molecule has 0 fully saturated rings. The molecule has 6 N–H and O–H groups in total. The molecule has 55 heavy (non-hydrogen) atoms. The average Bonchev–Trinajstić information content (AvgIpc) is 3.22. The Morgan fingerprint density at radius 2 is 1.36 bits per heavy atom. The molecular formula is C40H57N5O10. The molecule has 15 nitrogen and oxygen atoms in total. The van der Waals surface area contributed by atoms with Crippen molar-refractivity contribution >= 4 is 29.1 Å². The molecule has 1 heterocycles. The van der Waals surface area contributed by atoms with Crippen LogP contribution in [0.4, 0.5) is 11.4 Å². The first kappa shape index (κ1) is 44.9. The van der Waals surface area contributed by atoms with E-state index in [4.69, 9.17) is 18.9 Å². The number of hydrogen-bond acceptors (Lipinski definition) is 12. The van der Waals surface area contributed by atoms with E-state index in [1.165, 1.54) is 0 Å². The molecule has 15 heteroatoms. The highest BCUT2D eigenvalue weighted by Gasteiger charge is 2.29. The number of hydrogen-bond donors (Lipinski definition) is 6. The lowest BCUT2D eigenvalue weighted by Gasteiger charge is -2.28. The van der Waals surface area contributed by atoms with Gasteiger partial charge in [0.1, 0.15) is 5.54 Å². The molecule has 302 valence electrons. The number of aryl methyl sites for hydroxylation is 1. The Morgan fingerprint density at radius 1 is 0.745 bits per heavy atom. The minimum atomic E-state index is -1.45. The summed E-state index contributed by atoms with van der Waals surface area (Å²) < 4.78 is 22.1. The van der Waals surface area contributed by atoms with Crippen LogP contribution in [0.1, 0.15) is 53.0 Å². The number of carbonyl (C=O) groups excluding carboxylic acids is 3. The van der Waals surface area contributed by atoms with Crippen molar-refractivity contribution in [1.29, 1.82) is 0 Å². The molecule has 0 saturated heterocycles. The van der Waals surface area contributed by atoms with Crippen LogP contribution in [0.15, 0.2) is 60.8 Å². The van der Waals surface area contributed by atoms with E-state index in [2.05, 4.69) is 39.7 Å². The maximum absolute atomic E-state index is 13.5. The van der Waals surface area contributed by atoms with Gasteiger partial charge in [-0.15, -0.1) is 0 Å². The highest BCUT2D eigenvalue weighted by Crippen LogP contribution is 2.32. The lowest BCUT2D eigenvalue weighted by Crippen LogP contribution is -2.57. The van der Waals surface area contributed by atoms with E-state index in [1.54, 1.807) is 31.4 Å². The van der Waals surface area contributed by atoms with Crippen molar-refractivity contribution < 1.29 is 48.7 Å². The fraction of sp³-hybridized carbons (Fsp3) is 0.500. The fourth-order valence-electron chi connectivity index (χ4n) is 5.50. The number of benzene rings is 2. The van der Waals surface area contributed by atoms with Gasteiger partial charge in [-0.3, -0.25) is 19.4 Å². The van der Waals surface area contributed by atoms with E-state index < -0.39 is 31.3 Å². The molecule has 0 aliphatic heterocycles. The maximum atomic E-state index is 13.5. The Kier molecular flexibility index (Phi) is 20.3. The van der Waals surface area contributed by atoms with Crippen LogP contribution in [-0.4, -0.2) is 136 Å². The molecule has 1 aromatic heterocycles. The number of anilines is 2. The highest BCUT2D eigenvalue weighted by molar-refractivity contribution is 6.06. The van der Waals surface area contributed by atoms with Crippen molar-refractivity contribution in [1.82, 2.24) is 15.6 Å². The summed E-state index contributed by atoms with van der Waals surface area (Å²) in [5.41, 5.74) is 3.45. The van der Waals surface area contributed by atoms with Crippen LogP contribution < -0.4 is 20.9 Å². The number of pyridine rings is 1. The molecule has 0 spiro atoms. The Labute approximate surface area is 323 Å². The largest absolute Gasteiger partial charge is 0.394 e. The Bertz CT molecular complexity index is 1610. The van der Waals surface area contributed by atoms with E-state index in [1.807, 2.05) is 36.4 Å². The third-order valence-electron chi connectivity index (χ3n) is 8.75. The summed E-state index contributed by atoms with van der Waals surface area (Å²) in [5, 5.41) is 35.9. The first-order chi connectivity index (χ1) is 26.7. The molecule has 0 aliphatic rings. The van der Waals surface area contributed by atoms with Gasteiger partial charge >= 0.3 is 0 Å². The predicted molar refractivity (Wildman–Crippen MR) is 209 cm³/mol. The van der Waals surface area contributed by atoms with Gasteiger partial charge < -0.3 is 55.1 Å². The van der Waals surface area contributed by atoms with Crippen LogP contribution in [-0.2, 0) is 30.2 Å². The second-order valence-corrected chi connectivity index (χ2v) is 12.7. The number of aliphatic hydroxyl groups excluding tert-OH is 3. The summed E-state index contributed by atoms with van der Waals surface area (Å²) in [6.45, 7) is 6.98. The number of nitrogens with one attached hydrogen (secondary N) is 3. The molecule has 0 atom stereocenters.